The molecule has 2 atom stereocenters. The van der Waals surface area contributed by atoms with Gasteiger partial charge in [0.2, 0.25) is 0 Å². The quantitative estimate of drug-likeness (QED) is 0.869. The average molecular weight is 246 g/mol. The number of hydrogen-bond acceptors (Lipinski definition) is 2. The molecular weight excluding hydrogens is 233 g/mol. The molecule has 0 spiro atoms. The Balaban J connectivity index is 2.14. The number of halogens is 3. The van der Waals surface area contributed by atoms with Crippen molar-refractivity contribution in [3.63, 3.8) is 0 Å². The Morgan fingerprint density at radius 1 is 1.35 bits per heavy atom. The van der Waals surface area contributed by atoms with Gasteiger partial charge in [-0.3, -0.25) is 0 Å². The Kier molecular flexibility index (Phi) is 3.40. The van der Waals surface area contributed by atoms with Crippen LogP contribution in [0.3, 0.4) is 0 Å². The molecule has 0 saturated heterocycles. The number of rotatable bonds is 2. The molecule has 2 rings (SSSR count). The second-order valence-corrected chi connectivity index (χ2v) is 4.10. The van der Waals surface area contributed by atoms with Crippen molar-refractivity contribution in [1.29, 1.82) is 0 Å². The van der Waals surface area contributed by atoms with Crippen molar-refractivity contribution in [1.82, 2.24) is 0 Å². The van der Waals surface area contributed by atoms with E-state index in [4.69, 9.17) is 9.84 Å². The van der Waals surface area contributed by atoms with Crippen molar-refractivity contribution in [2.45, 2.75) is 31.2 Å². The summed E-state index contributed by atoms with van der Waals surface area (Å²) < 4.78 is 42.1. The SMILES string of the molecule is OC(CC1OCCc2ccccc21)C(F)(F)F. The average Bonchev–Trinajstić information content (AvgIpc) is 2.28. The summed E-state index contributed by atoms with van der Waals surface area (Å²) in [7, 11) is 0. The van der Waals surface area contributed by atoms with Crippen molar-refractivity contribution >= 4 is 0 Å². The van der Waals surface area contributed by atoms with E-state index in [1.54, 1.807) is 12.1 Å². The first-order chi connectivity index (χ1) is 7.98. The van der Waals surface area contributed by atoms with Crippen molar-refractivity contribution in [3.05, 3.63) is 35.4 Å². The molecule has 94 valence electrons. The zero-order valence-corrected chi connectivity index (χ0v) is 9.07. The molecule has 1 aliphatic rings. The first-order valence-electron chi connectivity index (χ1n) is 5.42. The minimum Gasteiger partial charge on any atom is -0.384 e. The fraction of sp³-hybridized carbons (Fsp3) is 0.500. The van der Waals surface area contributed by atoms with Gasteiger partial charge in [-0.25, -0.2) is 0 Å². The highest BCUT2D eigenvalue weighted by molar-refractivity contribution is 5.30. The Hall–Kier alpha value is -1.07. The summed E-state index contributed by atoms with van der Waals surface area (Å²) in [6, 6.07) is 7.25. The van der Waals surface area contributed by atoms with Gasteiger partial charge in [0.25, 0.3) is 0 Å². The van der Waals surface area contributed by atoms with E-state index < -0.39 is 24.8 Å². The van der Waals surface area contributed by atoms with Crippen LogP contribution in [0.4, 0.5) is 13.2 Å². The highest BCUT2D eigenvalue weighted by Crippen LogP contribution is 2.34. The van der Waals surface area contributed by atoms with E-state index in [1.165, 1.54) is 0 Å². The van der Waals surface area contributed by atoms with Crippen LogP contribution in [0.15, 0.2) is 24.3 Å². The third-order valence-corrected chi connectivity index (χ3v) is 2.91. The molecule has 0 bridgehead atoms. The van der Waals surface area contributed by atoms with Gasteiger partial charge in [-0.05, 0) is 17.5 Å². The monoisotopic (exact) mass is 246 g/mol. The van der Waals surface area contributed by atoms with Crippen molar-refractivity contribution < 1.29 is 23.0 Å². The molecule has 0 saturated carbocycles. The van der Waals surface area contributed by atoms with Crippen LogP contribution in [-0.2, 0) is 11.2 Å². The number of aliphatic hydroxyl groups is 1. The maximum atomic E-state index is 12.3. The summed E-state index contributed by atoms with van der Waals surface area (Å²) >= 11 is 0. The van der Waals surface area contributed by atoms with Gasteiger partial charge in [0.15, 0.2) is 6.10 Å². The number of aliphatic hydroxyl groups excluding tert-OH is 1. The van der Waals surface area contributed by atoms with Crippen LogP contribution in [-0.4, -0.2) is 24.0 Å². The molecule has 2 nitrogen and oxygen atoms in total. The minimum atomic E-state index is -4.59. The van der Waals surface area contributed by atoms with E-state index in [-0.39, 0.29) is 0 Å². The zero-order chi connectivity index (χ0) is 12.5. The van der Waals surface area contributed by atoms with Gasteiger partial charge in [-0.2, -0.15) is 13.2 Å². The topological polar surface area (TPSA) is 29.5 Å². The standard InChI is InChI=1S/C12H13F3O2/c13-12(14,15)11(16)7-10-9-4-2-1-3-8(9)5-6-17-10/h1-4,10-11,16H,5-7H2. The van der Waals surface area contributed by atoms with Crippen molar-refractivity contribution in [2.24, 2.45) is 0 Å². The fourth-order valence-corrected chi connectivity index (χ4v) is 2.01. The second kappa shape index (κ2) is 4.66. The highest BCUT2D eigenvalue weighted by atomic mass is 19.4. The van der Waals surface area contributed by atoms with Crippen LogP contribution in [0.1, 0.15) is 23.7 Å². The molecule has 0 aliphatic carbocycles. The normalized spacial score (nSPS) is 22.0. The van der Waals surface area contributed by atoms with Crippen LogP contribution in [0.5, 0.6) is 0 Å². The number of hydrogen-bond donors (Lipinski definition) is 1. The molecule has 0 amide bonds. The number of fused-ring (bicyclic) bond motifs is 1. The van der Waals surface area contributed by atoms with Gasteiger partial charge in [-0.15, -0.1) is 0 Å². The van der Waals surface area contributed by atoms with Crippen LogP contribution < -0.4 is 0 Å². The molecule has 0 radical (unpaired) electrons. The van der Waals surface area contributed by atoms with Crippen molar-refractivity contribution in [3.8, 4) is 0 Å². The summed E-state index contributed by atoms with van der Waals surface area (Å²) in [5.74, 6) is 0. The van der Waals surface area contributed by atoms with E-state index in [1.807, 2.05) is 12.1 Å². The third-order valence-electron chi connectivity index (χ3n) is 2.91. The Labute approximate surface area is 97.0 Å². The summed E-state index contributed by atoms with van der Waals surface area (Å²) in [6.07, 6.45) is -7.33. The van der Waals surface area contributed by atoms with E-state index in [0.29, 0.717) is 13.0 Å². The molecule has 1 aliphatic heterocycles. The Morgan fingerprint density at radius 3 is 2.76 bits per heavy atom. The molecule has 2 unspecified atom stereocenters. The highest BCUT2D eigenvalue weighted by Gasteiger charge is 2.40. The lowest BCUT2D eigenvalue weighted by molar-refractivity contribution is -0.213. The van der Waals surface area contributed by atoms with E-state index >= 15 is 0 Å². The number of alkyl halides is 3. The maximum absolute atomic E-state index is 12.3. The summed E-state index contributed by atoms with van der Waals surface area (Å²) in [5.41, 5.74) is 1.75. The summed E-state index contributed by atoms with van der Waals surface area (Å²) in [6.45, 7) is 0.395. The Bertz CT molecular complexity index is 390. The molecule has 5 heteroatoms. The van der Waals surface area contributed by atoms with Gasteiger partial charge in [0.05, 0.1) is 12.7 Å². The Morgan fingerprint density at radius 2 is 2.06 bits per heavy atom. The van der Waals surface area contributed by atoms with E-state index in [0.717, 1.165) is 11.1 Å². The molecule has 1 aromatic carbocycles. The molecule has 0 fully saturated rings. The van der Waals surface area contributed by atoms with Crippen LogP contribution in [0.25, 0.3) is 0 Å². The lowest BCUT2D eigenvalue weighted by Gasteiger charge is -2.28. The smallest absolute Gasteiger partial charge is 0.384 e. The predicted molar refractivity (Wildman–Crippen MR) is 55.5 cm³/mol. The van der Waals surface area contributed by atoms with Gasteiger partial charge in [0.1, 0.15) is 0 Å². The first kappa shape index (κ1) is 12.4. The molecule has 1 aromatic rings. The maximum Gasteiger partial charge on any atom is 0.414 e. The minimum absolute atomic E-state index is 0.395. The molecule has 1 N–H and O–H groups in total. The second-order valence-electron chi connectivity index (χ2n) is 4.10. The summed E-state index contributed by atoms with van der Waals surface area (Å²) in [5, 5.41) is 9.06. The van der Waals surface area contributed by atoms with Crippen LogP contribution in [0, 0.1) is 0 Å². The molecular formula is C12H13F3O2. The fourth-order valence-electron chi connectivity index (χ4n) is 2.01. The van der Waals surface area contributed by atoms with Gasteiger partial charge < -0.3 is 9.84 Å². The van der Waals surface area contributed by atoms with Gasteiger partial charge in [-0.1, -0.05) is 24.3 Å². The van der Waals surface area contributed by atoms with Crippen molar-refractivity contribution in [2.75, 3.05) is 6.61 Å². The largest absolute Gasteiger partial charge is 0.414 e. The van der Waals surface area contributed by atoms with Crippen LogP contribution >= 0.6 is 0 Å². The predicted octanol–water partition coefficient (Wildman–Crippen LogP) is 2.61. The number of benzene rings is 1. The van der Waals surface area contributed by atoms with E-state index in [2.05, 4.69) is 0 Å². The summed E-state index contributed by atoms with van der Waals surface area (Å²) in [4.78, 5) is 0. The first-order valence-corrected chi connectivity index (χ1v) is 5.42. The van der Waals surface area contributed by atoms with E-state index in [9.17, 15) is 13.2 Å². The molecule has 0 aromatic heterocycles. The molecule has 1 heterocycles. The van der Waals surface area contributed by atoms with Crippen LogP contribution in [0.2, 0.25) is 0 Å². The lowest BCUT2D eigenvalue weighted by Crippen LogP contribution is -2.32. The third kappa shape index (κ3) is 2.79. The number of ether oxygens (including phenoxy) is 1. The van der Waals surface area contributed by atoms with Gasteiger partial charge >= 0.3 is 6.18 Å². The molecule has 17 heavy (non-hydrogen) atoms. The van der Waals surface area contributed by atoms with Gasteiger partial charge in [0, 0.05) is 6.42 Å². The lowest BCUT2D eigenvalue weighted by atomic mass is 9.94. The zero-order valence-electron chi connectivity index (χ0n) is 9.07.